The summed E-state index contributed by atoms with van der Waals surface area (Å²) in [5.74, 6) is 1.40. The minimum atomic E-state index is 0.316. The molecule has 0 aromatic heterocycles. The molecule has 1 heterocycles. The predicted octanol–water partition coefficient (Wildman–Crippen LogP) is 0.876. The second-order valence-corrected chi connectivity index (χ2v) is 2.79. The number of ether oxygens (including phenoxy) is 1. The Morgan fingerprint density at radius 2 is 2.55 bits per heavy atom. The second-order valence-electron chi connectivity index (χ2n) is 2.79. The van der Waals surface area contributed by atoms with Crippen molar-refractivity contribution in [1.29, 1.82) is 0 Å². The van der Waals surface area contributed by atoms with Gasteiger partial charge in [-0.3, -0.25) is 4.85 Å². The minimum Gasteiger partial charge on any atom is -0.456 e. The van der Waals surface area contributed by atoms with E-state index in [0.717, 1.165) is 5.90 Å². The fourth-order valence-electron chi connectivity index (χ4n) is 1.02. The molecule has 0 aromatic rings. The van der Waals surface area contributed by atoms with Crippen molar-refractivity contribution >= 4 is 5.90 Å². The van der Waals surface area contributed by atoms with E-state index in [1.165, 1.54) is 12.8 Å². The first kappa shape index (κ1) is 6.47. The number of hydrogen-bond acceptors (Lipinski definition) is 3. The minimum absolute atomic E-state index is 0.316. The van der Waals surface area contributed by atoms with Gasteiger partial charge in [0.2, 0.25) is 5.90 Å². The van der Waals surface area contributed by atoms with E-state index in [9.17, 15) is 0 Å². The topological polar surface area (TPSA) is 29.2 Å². The molecule has 1 fully saturated rings. The van der Waals surface area contributed by atoms with Gasteiger partial charge in [0.25, 0.3) is 0 Å². The van der Waals surface area contributed by atoms with Gasteiger partial charge in [0.05, 0.1) is 0 Å². The average molecular weight is 151 g/mol. The summed E-state index contributed by atoms with van der Waals surface area (Å²) in [6, 6.07) is 0. The zero-order valence-electron chi connectivity index (χ0n) is 6.16. The van der Waals surface area contributed by atoms with Crippen molar-refractivity contribution in [3.8, 4) is 0 Å². The van der Waals surface area contributed by atoms with Crippen LogP contribution in [0.15, 0.2) is 5.10 Å². The largest absolute Gasteiger partial charge is 0.456 e. The molecule has 0 unspecified atom stereocenters. The van der Waals surface area contributed by atoms with Crippen molar-refractivity contribution in [3.63, 3.8) is 0 Å². The third-order valence-electron chi connectivity index (χ3n) is 1.76. The Morgan fingerprint density at radius 1 is 1.73 bits per heavy atom. The number of rotatable bonds is 2. The molecule has 0 saturated heterocycles. The Bertz CT molecular complexity index is 226. The number of nitrogens with zero attached hydrogens (tertiary/aromatic N) is 3. The highest BCUT2D eigenvalue weighted by atomic mass is 16.5. The Hall–Kier alpha value is -1.24. The molecule has 0 atom stereocenters. The lowest BCUT2D eigenvalue weighted by Crippen LogP contribution is -2.13. The van der Waals surface area contributed by atoms with Gasteiger partial charge in [0, 0.05) is 5.92 Å². The van der Waals surface area contributed by atoms with Crippen LogP contribution < -0.4 is 0 Å². The lowest BCUT2D eigenvalue weighted by molar-refractivity contribution is 0.179. The van der Waals surface area contributed by atoms with Crippen molar-refractivity contribution < 1.29 is 4.74 Å². The molecule has 1 aliphatic heterocycles. The van der Waals surface area contributed by atoms with Crippen molar-refractivity contribution in [2.75, 3.05) is 13.4 Å². The summed E-state index contributed by atoms with van der Waals surface area (Å²) in [4.78, 5) is 3.22. The summed E-state index contributed by atoms with van der Waals surface area (Å²) in [5.41, 5.74) is 0. The fourth-order valence-corrected chi connectivity index (χ4v) is 1.02. The van der Waals surface area contributed by atoms with Crippen LogP contribution in [0.3, 0.4) is 0 Å². The molecule has 2 aliphatic rings. The quantitative estimate of drug-likeness (QED) is 0.548. The molecule has 1 saturated carbocycles. The molecule has 11 heavy (non-hydrogen) atoms. The number of hydrogen-bond donors (Lipinski definition) is 0. The standard InChI is InChI=1S/C7H9N3O/c1-8-4-10-5-11-7(9-10)6-2-3-6/h6H,2-5H2. The van der Waals surface area contributed by atoms with Crippen LogP contribution in [0.1, 0.15) is 12.8 Å². The average Bonchev–Trinajstić information content (AvgIpc) is 2.75. The highest BCUT2D eigenvalue weighted by Crippen LogP contribution is 2.32. The van der Waals surface area contributed by atoms with Gasteiger partial charge >= 0.3 is 6.67 Å². The molecule has 0 spiro atoms. The predicted molar refractivity (Wildman–Crippen MR) is 39.4 cm³/mol. The Kier molecular flexibility index (Phi) is 1.42. The van der Waals surface area contributed by atoms with E-state index in [-0.39, 0.29) is 0 Å². The summed E-state index contributed by atoms with van der Waals surface area (Å²) in [5, 5.41) is 5.81. The van der Waals surface area contributed by atoms with E-state index in [0.29, 0.717) is 19.3 Å². The highest BCUT2D eigenvalue weighted by molar-refractivity contribution is 5.81. The Morgan fingerprint density at radius 3 is 3.18 bits per heavy atom. The molecule has 0 amide bonds. The molecule has 4 heteroatoms. The summed E-state index contributed by atoms with van der Waals surface area (Å²) in [6.07, 6.45) is 2.40. The van der Waals surface area contributed by atoms with E-state index in [1.807, 2.05) is 0 Å². The zero-order valence-corrected chi connectivity index (χ0v) is 6.16. The SMILES string of the molecule is [C-]#[N+]CN1COC(C2CC2)=N1. The van der Waals surface area contributed by atoms with Gasteiger partial charge < -0.3 is 4.74 Å². The first-order chi connectivity index (χ1) is 5.40. The van der Waals surface area contributed by atoms with E-state index in [2.05, 4.69) is 9.95 Å². The maximum absolute atomic E-state index is 6.61. The molecule has 4 nitrogen and oxygen atoms in total. The summed E-state index contributed by atoms with van der Waals surface area (Å²) in [7, 11) is 0. The smallest absolute Gasteiger partial charge is 0.306 e. The summed E-state index contributed by atoms with van der Waals surface area (Å²) in [6.45, 7) is 7.40. The number of hydrazone groups is 1. The Balaban J connectivity index is 1.93. The van der Waals surface area contributed by atoms with Crippen LogP contribution in [0, 0.1) is 12.5 Å². The third-order valence-corrected chi connectivity index (χ3v) is 1.76. The lowest BCUT2D eigenvalue weighted by atomic mass is 10.4. The van der Waals surface area contributed by atoms with Crippen molar-refractivity contribution in [2.24, 2.45) is 11.0 Å². The molecule has 0 bridgehead atoms. The van der Waals surface area contributed by atoms with Gasteiger partial charge in [-0.2, -0.15) is 5.01 Å². The van der Waals surface area contributed by atoms with E-state index >= 15 is 0 Å². The third kappa shape index (κ3) is 1.27. The van der Waals surface area contributed by atoms with Crippen molar-refractivity contribution in [3.05, 3.63) is 11.4 Å². The van der Waals surface area contributed by atoms with Crippen molar-refractivity contribution in [1.82, 2.24) is 5.01 Å². The molecule has 0 N–H and O–H groups in total. The van der Waals surface area contributed by atoms with E-state index in [1.54, 1.807) is 5.01 Å². The van der Waals surface area contributed by atoms with Crippen LogP contribution in [0.5, 0.6) is 0 Å². The first-order valence-corrected chi connectivity index (χ1v) is 3.69. The lowest BCUT2D eigenvalue weighted by Gasteiger charge is -1.99. The zero-order chi connectivity index (χ0) is 7.68. The molecule has 2 rings (SSSR count). The van der Waals surface area contributed by atoms with E-state index < -0.39 is 0 Å². The molecular formula is C7H9N3O. The molecule has 0 radical (unpaired) electrons. The van der Waals surface area contributed by atoms with Gasteiger partial charge in [0.15, 0.2) is 6.73 Å². The fraction of sp³-hybridized carbons (Fsp3) is 0.714. The van der Waals surface area contributed by atoms with Crippen LogP contribution in [-0.4, -0.2) is 24.3 Å². The Labute approximate surface area is 65.3 Å². The molecule has 1 aliphatic carbocycles. The molecule has 0 aromatic carbocycles. The van der Waals surface area contributed by atoms with Gasteiger partial charge in [-0.1, -0.05) is 0 Å². The summed E-state index contributed by atoms with van der Waals surface area (Å²) >= 11 is 0. The van der Waals surface area contributed by atoms with Crippen LogP contribution in [0.4, 0.5) is 0 Å². The van der Waals surface area contributed by atoms with Crippen LogP contribution in [0.25, 0.3) is 4.85 Å². The maximum atomic E-state index is 6.61. The molecular weight excluding hydrogens is 142 g/mol. The monoisotopic (exact) mass is 151 g/mol. The van der Waals surface area contributed by atoms with Crippen LogP contribution in [-0.2, 0) is 4.74 Å². The van der Waals surface area contributed by atoms with Gasteiger partial charge in [-0.05, 0) is 12.8 Å². The van der Waals surface area contributed by atoms with Crippen LogP contribution >= 0.6 is 0 Å². The highest BCUT2D eigenvalue weighted by Gasteiger charge is 2.33. The maximum Gasteiger partial charge on any atom is 0.306 e. The molecule has 58 valence electrons. The first-order valence-electron chi connectivity index (χ1n) is 3.69. The second kappa shape index (κ2) is 2.42. The van der Waals surface area contributed by atoms with Crippen molar-refractivity contribution in [2.45, 2.75) is 12.8 Å². The normalized spacial score (nSPS) is 22.5. The summed E-state index contributed by atoms with van der Waals surface area (Å²) < 4.78 is 5.27. The van der Waals surface area contributed by atoms with E-state index in [4.69, 9.17) is 11.3 Å². The van der Waals surface area contributed by atoms with Gasteiger partial charge in [-0.15, -0.1) is 5.10 Å². The van der Waals surface area contributed by atoms with Gasteiger partial charge in [0.1, 0.15) is 0 Å². The van der Waals surface area contributed by atoms with Gasteiger partial charge in [-0.25, -0.2) is 6.57 Å². The van der Waals surface area contributed by atoms with Crippen LogP contribution in [0.2, 0.25) is 0 Å².